The first-order chi connectivity index (χ1) is 26.3. The van der Waals surface area contributed by atoms with E-state index in [0.717, 1.165) is 39.3 Å². The van der Waals surface area contributed by atoms with Gasteiger partial charge in [-0.3, -0.25) is 0 Å². The molecule has 10 rings (SSSR count). The number of hydrogen-bond acceptors (Lipinski definition) is 2. The van der Waals surface area contributed by atoms with Gasteiger partial charge in [0.25, 0.3) is 0 Å². The molecule has 0 saturated carbocycles. The van der Waals surface area contributed by atoms with Gasteiger partial charge in [-0.1, -0.05) is 170 Å². The van der Waals surface area contributed by atoms with Crippen molar-refractivity contribution in [1.82, 2.24) is 14.5 Å². The van der Waals surface area contributed by atoms with Crippen LogP contribution in [0.5, 0.6) is 0 Å². The SMILES string of the molecule is c1ccc(-c2cc(-c3ccc(-c4cccc5cccc(-c6ccc(-n7c8ccccc8c8ccccc87)cc6)c45)cc3)nc(-c3ccccc3)n2)cc1. The molecule has 0 atom stereocenters. The standard InChI is InChI=1S/C50H33N3/c1-3-13-36(14-4-1)45-33-46(52-50(51-45)39-15-5-2-6-16-39)37-27-25-34(26-28-37)41-21-11-17-38-18-12-22-42(49(38)41)35-29-31-40(32-30-35)53-47-23-9-7-19-43(47)44-20-8-10-24-48(44)53/h1-33H. The summed E-state index contributed by atoms with van der Waals surface area (Å²) >= 11 is 0. The Morgan fingerprint density at radius 3 is 1.36 bits per heavy atom. The second kappa shape index (κ2) is 12.9. The maximum absolute atomic E-state index is 5.05. The fourth-order valence-electron chi connectivity index (χ4n) is 7.70. The predicted molar refractivity (Wildman–Crippen MR) is 221 cm³/mol. The molecule has 0 N–H and O–H groups in total. The third-order valence-electron chi connectivity index (χ3n) is 10.2. The van der Waals surface area contributed by atoms with Crippen molar-refractivity contribution in [2.45, 2.75) is 0 Å². The predicted octanol–water partition coefficient (Wildman–Crippen LogP) is 13.1. The molecule has 0 radical (unpaired) electrons. The van der Waals surface area contributed by atoms with E-state index >= 15 is 0 Å². The Kier molecular flexibility index (Phi) is 7.47. The number of nitrogens with zero attached hydrogens (tertiary/aromatic N) is 3. The van der Waals surface area contributed by atoms with Gasteiger partial charge < -0.3 is 4.57 Å². The van der Waals surface area contributed by atoms with E-state index in [0.29, 0.717) is 5.82 Å². The van der Waals surface area contributed by atoms with Crippen LogP contribution in [0.1, 0.15) is 0 Å². The highest BCUT2D eigenvalue weighted by atomic mass is 15.0. The first-order valence-corrected chi connectivity index (χ1v) is 18.0. The Hall–Kier alpha value is -7.10. The summed E-state index contributed by atoms with van der Waals surface area (Å²) in [5.41, 5.74) is 13.3. The van der Waals surface area contributed by atoms with Gasteiger partial charge in [-0.15, -0.1) is 0 Å². The molecule has 3 nitrogen and oxygen atoms in total. The van der Waals surface area contributed by atoms with Crippen LogP contribution in [0, 0.1) is 0 Å². The highest BCUT2D eigenvalue weighted by molar-refractivity contribution is 6.09. The number of hydrogen-bond donors (Lipinski definition) is 0. The van der Waals surface area contributed by atoms with Crippen molar-refractivity contribution < 1.29 is 0 Å². The lowest BCUT2D eigenvalue weighted by Crippen LogP contribution is -1.96. The van der Waals surface area contributed by atoms with Gasteiger partial charge in [-0.25, -0.2) is 9.97 Å². The summed E-state index contributed by atoms with van der Waals surface area (Å²) in [6, 6.07) is 71.0. The van der Waals surface area contributed by atoms with Crippen molar-refractivity contribution in [3.63, 3.8) is 0 Å². The van der Waals surface area contributed by atoms with E-state index < -0.39 is 0 Å². The lowest BCUT2D eigenvalue weighted by atomic mass is 9.91. The highest BCUT2D eigenvalue weighted by Gasteiger charge is 2.15. The summed E-state index contributed by atoms with van der Waals surface area (Å²) < 4.78 is 2.37. The van der Waals surface area contributed by atoms with E-state index in [1.54, 1.807) is 0 Å². The number of aromatic nitrogens is 3. The summed E-state index contributed by atoms with van der Waals surface area (Å²) in [7, 11) is 0. The van der Waals surface area contributed by atoms with E-state index in [-0.39, 0.29) is 0 Å². The molecule has 0 aliphatic heterocycles. The van der Waals surface area contributed by atoms with Crippen LogP contribution in [0.2, 0.25) is 0 Å². The normalized spacial score (nSPS) is 11.4. The third kappa shape index (κ3) is 5.47. The topological polar surface area (TPSA) is 30.7 Å². The second-order valence-electron chi connectivity index (χ2n) is 13.4. The van der Waals surface area contributed by atoms with Crippen LogP contribution in [0.4, 0.5) is 0 Å². The molecular formula is C50H33N3. The van der Waals surface area contributed by atoms with E-state index in [4.69, 9.17) is 9.97 Å². The average Bonchev–Trinajstić information content (AvgIpc) is 3.58. The molecule has 2 aromatic heterocycles. The summed E-state index contributed by atoms with van der Waals surface area (Å²) in [4.78, 5) is 10.0. The monoisotopic (exact) mass is 675 g/mol. The average molecular weight is 676 g/mol. The van der Waals surface area contributed by atoms with E-state index in [2.05, 4.69) is 168 Å². The van der Waals surface area contributed by atoms with Gasteiger partial charge in [-0.2, -0.15) is 0 Å². The molecule has 248 valence electrons. The zero-order valence-corrected chi connectivity index (χ0v) is 28.9. The van der Waals surface area contributed by atoms with Crippen LogP contribution in [-0.2, 0) is 0 Å². The van der Waals surface area contributed by atoms with Gasteiger partial charge in [0.15, 0.2) is 5.82 Å². The minimum absolute atomic E-state index is 0.717. The summed E-state index contributed by atoms with van der Waals surface area (Å²) in [5, 5.41) is 4.99. The number of fused-ring (bicyclic) bond motifs is 4. The molecule has 0 aliphatic rings. The van der Waals surface area contributed by atoms with Crippen LogP contribution in [-0.4, -0.2) is 14.5 Å². The zero-order valence-electron chi connectivity index (χ0n) is 28.9. The van der Waals surface area contributed by atoms with Gasteiger partial charge in [-0.05, 0) is 63.4 Å². The summed E-state index contributed by atoms with van der Waals surface area (Å²) in [6.45, 7) is 0. The first kappa shape index (κ1) is 30.7. The Bertz CT molecular complexity index is 2790. The molecule has 0 spiro atoms. The van der Waals surface area contributed by atoms with Gasteiger partial charge in [0.05, 0.1) is 22.4 Å². The Balaban J connectivity index is 1.04. The highest BCUT2D eigenvalue weighted by Crippen LogP contribution is 2.39. The number of para-hydroxylation sites is 2. The van der Waals surface area contributed by atoms with E-state index in [9.17, 15) is 0 Å². The second-order valence-corrected chi connectivity index (χ2v) is 13.4. The van der Waals surface area contributed by atoms with E-state index in [1.165, 1.54) is 49.3 Å². The van der Waals surface area contributed by atoms with Gasteiger partial charge >= 0.3 is 0 Å². The van der Waals surface area contributed by atoms with Crippen molar-refractivity contribution in [2.75, 3.05) is 0 Å². The van der Waals surface area contributed by atoms with Crippen LogP contribution < -0.4 is 0 Å². The van der Waals surface area contributed by atoms with Crippen LogP contribution in [0.3, 0.4) is 0 Å². The van der Waals surface area contributed by atoms with Crippen LogP contribution >= 0.6 is 0 Å². The van der Waals surface area contributed by atoms with Crippen molar-refractivity contribution in [3.05, 3.63) is 200 Å². The Labute approximate surface area is 308 Å². The first-order valence-electron chi connectivity index (χ1n) is 18.0. The quantitative estimate of drug-likeness (QED) is 0.176. The number of rotatable bonds is 6. The lowest BCUT2D eigenvalue weighted by Gasteiger charge is -2.14. The van der Waals surface area contributed by atoms with Crippen molar-refractivity contribution >= 4 is 32.6 Å². The van der Waals surface area contributed by atoms with Crippen molar-refractivity contribution in [1.29, 1.82) is 0 Å². The molecule has 0 unspecified atom stereocenters. The molecule has 0 fully saturated rings. The fraction of sp³-hybridized carbons (Fsp3) is 0. The smallest absolute Gasteiger partial charge is 0.160 e. The molecule has 0 bridgehead atoms. The lowest BCUT2D eigenvalue weighted by molar-refractivity contribution is 1.18. The molecular weight excluding hydrogens is 643 g/mol. The third-order valence-corrected chi connectivity index (χ3v) is 10.2. The molecule has 8 aromatic carbocycles. The molecule has 2 heterocycles. The van der Waals surface area contributed by atoms with Crippen LogP contribution in [0.15, 0.2) is 200 Å². The maximum atomic E-state index is 5.05. The van der Waals surface area contributed by atoms with Gasteiger partial charge in [0.2, 0.25) is 0 Å². The summed E-state index contributed by atoms with van der Waals surface area (Å²) in [5.74, 6) is 0.717. The number of benzene rings is 8. The molecule has 3 heteroatoms. The Morgan fingerprint density at radius 2 is 0.792 bits per heavy atom. The van der Waals surface area contributed by atoms with Crippen molar-refractivity contribution in [3.8, 4) is 61.8 Å². The molecule has 0 amide bonds. The van der Waals surface area contributed by atoms with Gasteiger partial charge in [0.1, 0.15) is 0 Å². The molecule has 10 aromatic rings. The Morgan fingerprint density at radius 1 is 0.340 bits per heavy atom. The van der Waals surface area contributed by atoms with Crippen LogP contribution in [0.25, 0.3) is 94.4 Å². The fourth-order valence-corrected chi connectivity index (χ4v) is 7.70. The van der Waals surface area contributed by atoms with Gasteiger partial charge in [0, 0.05) is 33.2 Å². The summed E-state index contributed by atoms with van der Waals surface area (Å²) in [6.07, 6.45) is 0. The molecule has 0 saturated heterocycles. The maximum Gasteiger partial charge on any atom is 0.160 e. The minimum atomic E-state index is 0.717. The zero-order chi connectivity index (χ0) is 35.1. The van der Waals surface area contributed by atoms with E-state index in [1.807, 2.05) is 36.4 Å². The van der Waals surface area contributed by atoms with Crippen molar-refractivity contribution in [2.24, 2.45) is 0 Å². The molecule has 0 aliphatic carbocycles. The molecule has 53 heavy (non-hydrogen) atoms. The minimum Gasteiger partial charge on any atom is -0.309 e. The largest absolute Gasteiger partial charge is 0.309 e.